The lowest BCUT2D eigenvalue weighted by Gasteiger charge is -2.41. The Bertz CT molecular complexity index is 722. The molecule has 1 heterocycles. The van der Waals surface area contributed by atoms with Gasteiger partial charge in [-0.15, -0.1) is 0 Å². The maximum Gasteiger partial charge on any atom is 0.257 e. The van der Waals surface area contributed by atoms with E-state index in [0.29, 0.717) is 22.8 Å². The Labute approximate surface area is 141 Å². The van der Waals surface area contributed by atoms with E-state index in [9.17, 15) is 4.79 Å². The summed E-state index contributed by atoms with van der Waals surface area (Å²) in [7, 11) is 0. The Morgan fingerprint density at radius 3 is 2.62 bits per heavy atom. The van der Waals surface area contributed by atoms with Crippen molar-refractivity contribution in [2.45, 2.75) is 51.4 Å². The molecule has 5 heteroatoms. The van der Waals surface area contributed by atoms with Crippen molar-refractivity contribution >= 4 is 5.91 Å². The third kappa shape index (κ3) is 2.95. The first-order chi connectivity index (χ1) is 11.7. The maximum absolute atomic E-state index is 12.3. The van der Waals surface area contributed by atoms with Gasteiger partial charge in [0, 0.05) is 23.6 Å². The van der Waals surface area contributed by atoms with E-state index in [1.807, 2.05) is 24.3 Å². The van der Waals surface area contributed by atoms with Crippen LogP contribution in [0.15, 0.2) is 28.8 Å². The Hall–Kier alpha value is -2.17. The van der Waals surface area contributed by atoms with Gasteiger partial charge in [0.05, 0.1) is 0 Å². The first kappa shape index (κ1) is 15.4. The van der Waals surface area contributed by atoms with Gasteiger partial charge in [0.2, 0.25) is 0 Å². The highest BCUT2D eigenvalue weighted by Crippen LogP contribution is 2.43. The highest BCUT2D eigenvalue weighted by Gasteiger charge is 2.35. The SMILES string of the molecule is CCC1(CNC(=O)c2ccc(-c3nc(C4CC4)no3)cc2)CCC1. The third-order valence-corrected chi connectivity index (χ3v) is 5.57. The quantitative estimate of drug-likeness (QED) is 0.874. The van der Waals surface area contributed by atoms with Crippen molar-refractivity contribution in [3.05, 3.63) is 35.7 Å². The van der Waals surface area contributed by atoms with Crippen molar-refractivity contribution in [2.24, 2.45) is 5.41 Å². The summed E-state index contributed by atoms with van der Waals surface area (Å²) in [5.41, 5.74) is 1.86. The standard InChI is InChI=1S/C19H23N3O2/c1-2-19(10-3-11-19)12-20-17(23)14-6-8-15(9-7-14)18-21-16(22-24-18)13-4-5-13/h6-9,13H,2-5,10-12H2,1H3,(H,20,23). The molecule has 2 saturated carbocycles. The lowest BCUT2D eigenvalue weighted by Crippen LogP contribution is -2.41. The molecule has 126 valence electrons. The molecule has 1 amide bonds. The van der Waals surface area contributed by atoms with Gasteiger partial charge in [-0.3, -0.25) is 4.79 Å². The number of carbonyl (C=O) groups excluding carboxylic acids is 1. The summed E-state index contributed by atoms with van der Waals surface area (Å²) in [5, 5.41) is 7.12. The van der Waals surface area contributed by atoms with E-state index in [4.69, 9.17) is 4.52 Å². The number of hydrogen-bond acceptors (Lipinski definition) is 4. The average Bonchev–Trinajstić information content (AvgIpc) is 3.31. The van der Waals surface area contributed by atoms with Gasteiger partial charge in [-0.05, 0) is 61.8 Å². The van der Waals surface area contributed by atoms with Gasteiger partial charge < -0.3 is 9.84 Å². The van der Waals surface area contributed by atoms with Gasteiger partial charge >= 0.3 is 0 Å². The number of amides is 1. The van der Waals surface area contributed by atoms with Gasteiger partial charge in [0.1, 0.15) is 0 Å². The number of hydrogen-bond donors (Lipinski definition) is 1. The van der Waals surface area contributed by atoms with E-state index in [1.165, 1.54) is 19.3 Å². The molecule has 0 unspecified atom stereocenters. The highest BCUT2D eigenvalue weighted by molar-refractivity contribution is 5.94. The fourth-order valence-corrected chi connectivity index (χ4v) is 3.33. The molecule has 0 saturated heterocycles. The zero-order valence-electron chi connectivity index (χ0n) is 14.0. The molecule has 24 heavy (non-hydrogen) atoms. The molecule has 0 radical (unpaired) electrons. The van der Waals surface area contributed by atoms with Gasteiger partial charge in [-0.1, -0.05) is 18.5 Å². The zero-order chi connectivity index (χ0) is 16.6. The minimum absolute atomic E-state index is 0.00882. The normalized spacial score (nSPS) is 18.9. The molecule has 1 N–H and O–H groups in total. The van der Waals surface area contributed by atoms with Crippen LogP contribution >= 0.6 is 0 Å². The first-order valence-corrected chi connectivity index (χ1v) is 8.91. The van der Waals surface area contributed by atoms with Crippen LogP contribution in [0.4, 0.5) is 0 Å². The summed E-state index contributed by atoms with van der Waals surface area (Å²) in [4.78, 5) is 16.8. The van der Waals surface area contributed by atoms with Crippen LogP contribution in [0.5, 0.6) is 0 Å². The van der Waals surface area contributed by atoms with Gasteiger partial charge in [-0.25, -0.2) is 0 Å². The fourth-order valence-electron chi connectivity index (χ4n) is 3.33. The summed E-state index contributed by atoms with van der Waals surface area (Å²) in [6, 6.07) is 7.40. The number of rotatable bonds is 6. The Morgan fingerprint density at radius 2 is 2.04 bits per heavy atom. The third-order valence-electron chi connectivity index (χ3n) is 5.57. The minimum Gasteiger partial charge on any atom is -0.351 e. The van der Waals surface area contributed by atoms with Crippen molar-refractivity contribution < 1.29 is 9.32 Å². The Kier molecular flexibility index (Phi) is 3.87. The van der Waals surface area contributed by atoms with Crippen molar-refractivity contribution in [1.82, 2.24) is 15.5 Å². The van der Waals surface area contributed by atoms with Crippen LogP contribution in [0, 0.1) is 5.41 Å². The van der Waals surface area contributed by atoms with E-state index in [1.54, 1.807) is 0 Å². The zero-order valence-corrected chi connectivity index (χ0v) is 14.0. The molecule has 2 aliphatic carbocycles. The van der Waals surface area contributed by atoms with Crippen molar-refractivity contribution in [1.29, 1.82) is 0 Å². The molecule has 5 nitrogen and oxygen atoms in total. The average molecular weight is 325 g/mol. The molecule has 2 aromatic rings. The molecular formula is C19H23N3O2. The summed E-state index contributed by atoms with van der Waals surface area (Å²) in [6.45, 7) is 2.99. The minimum atomic E-state index is -0.00882. The van der Waals surface area contributed by atoms with Crippen LogP contribution < -0.4 is 5.32 Å². The lowest BCUT2D eigenvalue weighted by atomic mass is 9.67. The summed E-state index contributed by atoms with van der Waals surface area (Å²) < 4.78 is 5.32. The number of nitrogens with zero attached hydrogens (tertiary/aromatic N) is 2. The van der Waals surface area contributed by atoms with Crippen LogP contribution in [0.2, 0.25) is 0 Å². The van der Waals surface area contributed by atoms with E-state index in [0.717, 1.165) is 37.2 Å². The molecule has 1 aromatic heterocycles. The van der Waals surface area contributed by atoms with E-state index in [2.05, 4.69) is 22.4 Å². The smallest absolute Gasteiger partial charge is 0.257 e. The van der Waals surface area contributed by atoms with Gasteiger partial charge in [-0.2, -0.15) is 4.98 Å². The van der Waals surface area contributed by atoms with Crippen molar-refractivity contribution in [2.75, 3.05) is 6.54 Å². The molecule has 2 fully saturated rings. The van der Waals surface area contributed by atoms with Crippen LogP contribution in [0.1, 0.15) is 67.5 Å². The number of carbonyl (C=O) groups is 1. The van der Waals surface area contributed by atoms with Crippen LogP contribution in [0.3, 0.4) is 0 Å². The fraction of sp³-hybridized carbons (Fsp3) is 0.526. The van der Waals surface area contributed by atoms with Crippen LogP contribution in [-0.2, 0) is 0 Å². The van der Waals surface area contributed by atoms with Crippen LogP contribution in [0.25, 0.3) is 11.5 Å². The number of aromatic nitrogens is 2. The largest absolute Gasteiger partial charge is 0.351 e. The summed E-state index contributed by atoms with van der Waals surface area (Å²) in [6.07, 6.45) is 7.17. The second kappa shape index (κ2) is 6.04. The van der Waals surface area contributed by atoms with Gasteiger partial charge in [0.25, 0.3) is 11.8 Å². The van der Waals surface area contributed by atoms with Crippen molar-refractivity contribution in [3.63, 3.8) is 0 Å². The maximum atomic E-state index is 12.3. The predicted octanol–water partition coefficient (Wildman–Crippen LogP) is 3.92. The van der Waals surface area contributed by atoms with E-state index < -0.39 is 0 Å². The van der Waals surface area contributed by atoms with E-state index in [-0.39, 0.29) is 5.91 Å². The molecule has 1 aromatic carbocycles. The topological polar surface area (TPSA) is 68.0 Å². The molecule has 2 aliphatic rings. The first-order valence-electron chi connectivity index (χ1n) is 8.91. The Morgan fingerprint density at radius 1 is 1.29 bits per heavy atom. The summed E-state index contributed by atoms with van der Waals surface area (Å²) >= 11 is 0. The molecule has 0 aliphatic heterocycles. The molecular weight excluding hydrogens is 302 g/mol. The molecule has 0 spiro atoms. The predicted molar refractivity (Wildman–Crippen MR) is 90.6 cm³/mol. The van der Waals surface area contributed by atoms with E-state index >= 15 is 0 Å². The Balaban J connectivity index is 1.40. The molecule has 0 atom stereocenters. The number of benzene rings is 1. The second-order valence-electron chi connectivity index (χ2n) is 7.20. The summed E-state index contributed by atoms with van der Waals surface area (Å²) in [5.74, 6) is 1.80. The number of nitrogens with one attached hydrogen (secondary N) is 1. The lowest BCUT2D eigenvalue weighted by molar-refractivity contribution is 0.0850. The van der Waals surface area contributed by atoms with Crippen molar-refractivity contribution in [3.8, 4) is 11.5 Å². The second-order valence-corrected chi connectivity index (χ2v) is 7.20. The highest BCUT2D eigenvalue weighted by atomic mass is 16.5. The molecule has 4 rings (SSSR count). The van der Waals surface area contributed by atoms with Gasteiger partial charge in [0.15, 0.2) is 5.82 Å². The van der Waals surface area contributed by atoms with Crippen LogP contribution in [-0.4, -0.2) is 22.6 Å². The monoisotopic (exact) mass is 325 g/mol. The molecule has 0 bridgehead atoms.